The molecular formula is C15H20F4O3. The SMILES string of the molecule is O=C(OCCC(F)(F)C(F)F)C12CC3CC(CC(O)(C3)C1)C2. The normalized spacial score (nSPS) is 40.3. The van der Waals surface area contributed by atoms with Crippen LogP contribution >= 0.6 is 0 Å². The van der Waals surface area contributed by atoms with Crippen LogP contribution in [-0.2, 0) is 9.53 Å². The highest BCUT2D eigenvalue weighted by molar-refractivity contribution is 5.77. The lowest BCUT2D eigenvalue weighted by atomic mass is 9.48. The minimum atomic E-state index is -4.14. The highest BCUT2D eigenvalue weighted by Crippen LogP contribution is 2.62. The Morgan fingerprint density at radius 2 is 1.82 bits per heavy atom. The van der Waals surface area contributed by atoms with Gasteiger partial charge in [0.1, 0.15) is 0 Å². The monoisotopic (exact) mass is 324 g/mol. The van der Waals surface area contributed by atoms with Gasteiger partial charge in [-0.25, -0.2) is 17.6 Å². The highest BCUT2D eigenvalue weighted by Gasteiger charge is 2.61. The summed E-state index contributed by atoms with van der Waals surface area (Å²) in [6.07, 6.45) is -1.07. The van der Waals surface area contributed by atoms with Crippen LogP contribution in [0.3, 0.4) is 0 Å². The lowest BCUT2D eigenvalue weighted by molar-refractivity contribution is -0.199. The molecule has 2 unspecified atom stereocenters. The first kappa shape index (κ1) is 16.0. The molecule has 0 saturated heterocycles. The van der Waals surface area contributed by atoms with Gasteiger partial charge in [0, 0.05) is 0 Å². The van der Waals surface area contributed by atoms with E-state index in [0.717, 1.165) is 6.42 Å². The molecule has 0 amide bonds. The van der Waals surface area contributed by atoms with Crippen LogP contribution in [0.5, 0.6) is 0 Å². The molecule has 0 heterocycles. The van der Waals surface area contributed by atoms with Crippen molar-refractivity contribution in [2.24, 2.45) is 17.3 Å². The van der Waals surface area contributed by atoms with Gasteiger partial charge in [0.05, 0.1) is 24.0 Å². The fourth-order valence-corrected chi connectivity index (χ4v) is 5.00. The van der Waals surface area contributed by atoms with E-state index in [1.807, 2.05) is 0 Å². The second-order valence-corrected chi connectivity index (χ2v) is 7.41. The fourth-order valence-electron chi connectivity index (χ4n) is 5.00. The smallest absolute Gasteiger partial charge is 0.312 e. The Bertz CT molecular complexity index is 452. The summed E-state index contributed by atoms with van der Waals surface area (Å²) in [6.45, 7) is -0.717. The largest absolute Gasteiger partial charge is 0.465 e. The van der Waals surface area contributed by atoms with E-state index in [9.17, 15) is 27.5 Å². The van der Waals surface area contributed by atoms with Crippen LogP contribution in [0.15, 0.2) is 0 Å². The highest BCUT2D eigenvalue weighted by atomic mass is 19.3. The fraction of sp³-hybridized carbons (Fsp3) is 0.933. The summed E-state index contributed by atoms with van der Waals surface area (Å²) >= 11 is 0. The third kappa shape index (κ3) is 2.72. The van der Waals surface area contributed by atoms with Crippen LogP contribution in [0.25, 0.3) is 0 Å². The quantitative estimate of drug-likeness (QED) is 0.624. The number of hydrogen-bond donors (Lipinski definition) is 1. The predicted octanol–water partition coefficient (Wildman–Crippen LogP) is 3.15. The van der Waals surface area contributed by atoms with Crippen molar-refractivity contribution in [2.45, 2.75) is 62.9 Å². The Kier molecular flexibility index (Phi) is 3.70. The van der Waals surface area contributed by atoms with Crippen LogP contribution in [0.2, 0.25) is 0 Å². The molecule has 22 heavy (non-hydrogen) atoms. The van der Waals surface area contributed by atoms with Crippen molar-refractivity contribution in [1.29, 1.82) is 0 Å². The van der Waals surface area contributed by atoms with Gasteiger partial charge >= 0.3 is 18.3 Å². The van der Waals surface area contributed by atoms with Crippen molar-refractivity contribution in [1.82, 2.24) is 0 Å². The molecule has 4 aliphatic rings. The van der Waals surface area contributed by atoms with Crippen LogP contribution in [-0.4, -0.2) is 35.6 Å². The zero-order chi connectivity index (χ0) is 16.2. The molecule has 2 atom stereocenters. The van der Waals surface area contributed by atoms with Crippen molar-refractivity contribution >= 4 is 5.97 Å². The number of esters is 1. The number of rotatable bonds is 5. The topological polar surface area (TPSA) is 46.5 Å². The third-order valence-corrected chi connectivity index (χ3v) is 5.45. The molecule has 4 saturated carbocycles. The average Bonchev–Trinajstić information content (AvgIpc) is 2.35. The molecule has 4 aliphatic carbocycles. The number of carbonyl (C=O) groups excluding carboxylic acids is 1. The summed E-state index contributed by atoms with van der Waals surface area (Å²) in [4.78, 5) is 12.3. The zero-order valence-corrected chi connectivity index (χ0v) is 12.2. The molecule has 126 valence electrons. The first-order valence-electron chi connectivity index (χ1n) is 7.70. The Labute approximate surface area is 126 Å². The third-order valence-electron chi connectivity index (χ3n) is 5.45. The van der Waals surface area contributed by atoms with E-state index in [4.69, 9.17) is 4.74 Å². The van der Waals surface area contributed by atoms with Gasteiger partial charge in [0.25, 0.3) is 0 Å². The first-order chi connectivity index (χ1) is 10.1. The maximum Gasteiger partial charge on any atom is 0.312 e. The van der Waals surface area contributed by atoms with Gasteiger partial charge in [-0.2, -0.15) is 0 Å². The molecule has 4 bridgehead atoms. The second kappa shape index (κ2) is 5.08. The van der Waals surface area contributed by atoms with E-state index < -0.39 is 42.4 Å². The molecule has 4 fully saturated rings. The van der Waals surface area contributed by atoms with Crippen molar-refractivity contribution in [2.75, 3.05) is 6.61 Å². The summed E-state index contributed by atoms with van der Waals surface area (Å²) in [5, 5.41) is 10.5. The van der Waals surface area contributed by atoms with Gasteiger partial charge in [-0.3, -0.25) is 4.79 Å². The summed E-state index contributed by atoms with van der Waals surface area (Å²) < 4.78 is 54.7. The maximum atomic E-state index is 12.8. The standard InChI is InChI=1S/C15H20F4O3/c16-11(17)15(18,19)1-2-22-12(20)13-4-9-3-10(5-13)7-14(21,6-9)8-13/h9-11,21H,1-8H2. The Balaban J connectivity index is 1.61. The van der Waals surface area contributed by atoms with Gasteiger partial charge in [0.2, 0.25) is 0 Å². The molecule has 3 nitrogen and oxygen atoms in total. The molecule has 0 radical (unpaired) electrons. The molecule has 0 aromatic rings. The molecular weight excluding hydrogens is 304 g/mol. The van der Waals surface area contributed by atoms with Crippen molar-refractivity contribution in [3.05, 3.63) is 0 Å². The summed E-state index contributed by atoms with van der Waals surface area (Å²) in [6, 6.07) is 0. The van der Waals surface area contributed by atoms with Crippen LogP contribution in [0.1, 0.15) is 44.9 Å². The molecule has 0 aliphatic heterocycles. The van der Waals surface area contributed by atoms with Gasteiger partial charge < -0.3 is 9.84 Å². The lowest BCUT2D eigenvalue weighted by Crippen LogP contribution is -2.58. The number of carbonyl (C=O) groups is 1. The van der Waals surface area contributed by atoms with E-state index in [2.05, 4.69) is 0 Å². The molecule has 7 heteroatoms. The van der Waals surface area contributed by atoms with Gasteiger partial charge in [0.15, 0.2) is 0 Å². The van der Waals surface area contributed by atoms with Crippen molar-refractivity contribution < 1.29 is 32.2 Å². The summed E-state index contributed by atoms with van der Waals surface area (Å²) in [7, 11) is 0. The minimum absolute atomic E-state index is 0.265. The number of ether oxygens (including phenoxy) is 1. The van der Waals surface area contributed by atoms with Crippen LogP contribution in [0.4, 0.5) is 17.6 Å². The Morgan fingerprint density at radius 3 is 2.32 bits per heavy atom. The Hall–Kier alpha value is -0.850. The van der Waals surface area contributed by atoms with Gasteiger partial charge in [-0.15, -0.1) is 0 Å². The number of hydrogen-bond acceptors (Lipinski definition) is 3. The van der Waals surface area contributed by atoms with Crippen LogP contribution < -0.4 is 0 Å². The van der Waals surface area contributed by atoms with Crippen molar-refractivity contribution in [3.63, 3.8) is 0 Å². The number of halogens is 4. The van der Waals surface area contributed by atoms with E-state index >= 15 is 0 Å². The molecule has 4 rings (SSSR count). The second-order valence-electron chi connectivity index (χ2n) is 7.41. The average molecular weight is 324 g/mol. The molecule has 0 spiro atoms. The van der Waals surface area contributed by atoms with Gasteiger partial charge in [-0.05, 0) is 50.4 Å². The summed E-state index contributed by atoms with van der Waals surface area (Å²) in [5.41, 5.74) is -1.66. The van der Waals surface area contributed by atoms with E-state index in [0.29, 0.717) is 32.1 Å². The Morgan fingerprint density at radius 1 is 1.23 bits per heavy atom. The van der Waals surface area contributed by atoms with Crippen molar-refractivity contribution in [3.8, 4) is 0 Å². The van der Waals surface area contributed by atoms with Gasteiger partial charge in [-0.1, -0.05) is 0 Å². The van der Waals surface area contributed by atoms with Crippen LogP contribution in [0, 0.1) is 17.3 Å². The first-order valence-corrected chi connectivity index (χ1v) is 7.70. The number of alkyl halides is 4. The molecule has 1 N–H and O–H groups in total. The van der Waals surface area contributed by atoms with E-state index in [-0.39, 0.29) is 11.8 Å². The zero-order valence-electron chi connectivity index (χ0n) is 12.2. The molecule has 0 aromatic carbocycles. The van der Waals surface area contributed by atoms with E-state index in [1.165, 1.54) is 0 Å². The summed E-state index contributed by atoms with van der Waals surface area (Å²) in [5.74, 6) is -4.22. The number of aliphatic hydroxyl groups is 1. The predicted molar refractivity (Wildman–Crippen MR) is 68.6 cm³/mol. The van der Waals surface area contributed by atoms with E-state index in [1.54, 1.807) is 0 Å². The minimum Gasteiger partial charge on any atom is -0.465 e. The lowest BCUT2D eigenvalue weighted by Gasteiger charge is -2.58. The maximum absolute atomic E-state index is 12.8. The molecule has 0 aromatic heterocycles.